The first kappa shape index (κ1) is 15.8. The zero-order valence-electron chi connectivity index (χ0n) is 12.5. The summed E-state index contributed by atoms with van der Waals surface area (Å²) in [5, 5.41) is 9.71. The van der Waals surface area contributed by atoms with Crippen LogP contribution in [0.3, 0.4) is 0 Å². The molecule has 0 radical (unpaired) electrons. The Bertz CT molecular complexity index is 850. The molecule has 0 aliphatic heterocycles. The highest BCUT2D eigenvalue weighted by atomic mass is 19.1. The monoisotopic (exact) mass is 329 g/mol. The molecular weight excluding hydrogens is 316 g/mol. The van der Waals surface area contributed by atoms with Crippen molar-refractivity contribution in [1.29, 1.82) is 0 Å². The fourth-order valence-corrected chi connectivity index (χ4v) is 2.11. The molecule has 5 nitrogen and oxygen atoms in total. The van der Waals surface area contributed by atoms with E-state index in [0.29, 0.717) is 24.8 Å². The Labute approximate surface area is 136 Å². The van der Waals surface area contributed by atoms with Crippen LogP contribution in [-0.2, 0) is 12.8 Å². The number of carbonyl (C=O) groups excluding carboxylic acids is 1. The number of halogens is 2. The summed E-state index contributed by atoms with van der Waals surface area (Å²) >= 11 is 0. The van der Waals surface area contributed by atoms with Crippen molar-refractivity contribution < 1.29 is 18.0 Å². The molecule has 1 aromatic heterocycles. The van der Waals surface area contributed by atoms with Crippen molar-refractivity contribution in [2.24, 2.45) is 0 Å². The highest BCUT2D eigenvalue weighted by Crippen LogP contribution is 2.16. The fraction of sp³-hybridized carbons (Fsp3) is 0.118. The first-order valence-electron chi connectivity index (χ1n) is 7.24. The van der Waals surface area contributed by atoms with E-state index in [1.807, 2.05) is 30.3 Å². The molecule has 0 spiro atoms. The number of rotatable bonds is 5. The van der Waals surface area contributed by atoms with Gasteiger partial charge < -0.3 is 9.73 Å². The van der Waals surface area contributed by atoms with E-state index in [1.54, 1.807) is 0 Å². The molecule has 1 amide bonds. The normalized spacial score (nSPS) is 10.6. The standard InChI is InChI=1S/C17H13F2N3O2/c18-12-7-8-14(13(19)10-12)20-16(23)17-22-21-15(24-17)9-6-11-4-2-1-3-5-11/h1-5,7-8,10H,6,9H2,(H,20,23). The lowest BCUT2D eigenvalue weighted by Crippen LogP contribution is -2.13. The molecule has 7 heteroatoms. The molecule has 1 heterocycles. The van der Waals surface area contributed by atoms with E-state index >= 15 is 0 Å². The summed E-state index contributed by atoms with van der Waals surface area (Å²) in [6.07, 6.45) is 1.17. The van der Waals surface area contributed by atoms with Crippen LogP contribution >= 0.6 is 0 Å². The summed E-state index contributed by atoms with van der Waals surface area (Å²) in [7, 11) is 0. The lowest BCUT2D eigenvalue weighted by molar-refractivity contribution is 0.0988. The van der Waals surface area contributed by atoms with Crippen LogP contribution in [0.1, 0.15) is 22.1 Å². The number of aryl methyl sites for hydroxylation is 2. The Morgan fingerprint density at radius 2 is 1.83 bits per heavy atom. The summed E-state index contributed by atoms with van der Waals surface area (Å²) in [4.78, 5) is 12.0. The van der Waals surface area contributed by atoms with E-state index < -0.39 is 17.5 Å². The lowest BCUT2D eigenvalue weighted by atomic mass is 10.1. The number of amides is 1. The minimum Gasteiger partial charge on any atom is -0.417 e. The molecule has 0 saturated carbocycles. The van der Waals surface area contributed by atoms with Gasteiger partial charge in [-0.15, -0.1) is 10.2 Å². The second kappa shape index (κ2) is 6.99. The maximum atomic E-state index is 13.5. The van der Waals surface area contributed by atoms with E-state index in [-0.39, 0.29) is 11.6 Å². The Kier molecular flexibility index (Phi) is 4.60. The number of benzene rings is 2. The molecule has 0 fully saturated rings. The SMILES string of the molecule is O=C(Nc1ccc(F)cc1F)c1nnc(CCc2ccccc2)o1. The van der Waals surface area contributed by atoms with Crippen LogP contribution in [0.4, 0.5) is 14.5 Å². The fourth-order valence-electron chi connectivity index (χ4n) is 2.11. The van der Waals surface area contributed by atoms with Gasteiger partial charge in [0.1, 0.15) is 11.6 Å². The molecule has 24 heavy (non-hydrogen) atoms. The maximum absolute atomic E-state index is 13.5. The third-order valence-electron chi connectivity index (χ3n) is 3.31. The van der Waals surface area contributed by atoms with Gasteiger partial charge in [0.05, 0.1) is 5.69 Å². The van der Waals surface area contributed by atoms with E-state index in [9.17, 15) is 13.6 Å². The average Bonchev–Trinajstić information content (AvgIpc) is 3.05. The molecule has 122 valence electrons. The second-order valence-corrected chi connectivity index (χ2v) is 5.06. The van der Waals surface area contributed by atoms with Gasteiger partial charge in [0.15, 0.2) is 0 Å². The van der Waals surface area contributed by atoms with E-state index in [4.69, 9.17) is 4.42 Å². The second-order valence-electron chi connectivity index (χ2n) is 5.06. The van der Waals surface area contributed by atoms with Crippen molar-refractivity contribution in [2.45, 2.75) is 12.8 Å². The number of nitrogens with zero attached hydrogens (tertiary/aromatic N) is 2. The van der Waals surface area contributed by atoms with Gasteiger partial charge in [-0.05, 0) is 24.1 Å². The van der Waals surface area contributed by atoms with Crippen molar-refractivity contribution in [1.82, 2.24) is 10.2 Å². The van der Waals surface area contributed by atoms with Crippen molar-refractivity contribution in [3.05, 3.63) is 77.5 Å². The van der Waals surface area contributed by atoms with Gasteiger partial charge in [0, 0.05) is 12.5 Å². The highest BCUT2D eigenvalue weighted by Gasteiger charge is 2.16. The molecule has 1 N–H and O–H groups in total. The molecule has 0 bridgehead atoms. The quantitative estimate of drug-likeness (QED) is 0.779. The van der Waals surface area contributed by atoms with Gasteiger partial charge in [0.25, 0.3) is 0 Å². The Morgan fingerprint density at radius 1 is 1.04 bits per heavy atom. The van der Waals surface area contributed by atoms with E-state index in [1.165, 1.54) is 0 Å². The minimum atomic E-state index is -0.882. The molecular formula is C17H13F2N3O2. The first-order chi connectivity index (χ1) is 11.6. The van der Waals surface area contributed by atoms with Crippen LogP contribution in [0.25, 0.3) is 0 Å². The molecule has 3 rings (SSSR count). The lowest BCUT2D eigenvalue weighted by Gasteiger charge is -2.03. The zero-order valence-corrected chi connectivity index (χ0v) is 12.5. The van der Waals surface area contributed by atoms with Crippen LogP contribution in [-0.4, -0.2) is 16.1 Å². The van der Waals surface area contributed by atoms with Gasteiger partial charge in [-0.2, -0.15) is 0 Å². The Balaban J connectivity index is 1.63. The number of hydrogen-bond donors (Lipinski definition) is 1. The molecule has 0 aliphatic rings. The van der Waals surface area contributed by atoms with Gasteiger partial charge in [-0.1, -0.05) is 30.3 Å². The van der Waals surface area contributed by atoms with Gasteiger partial charge in [-0.25, -0.2) is 8.78 Å². The number of anilines is 1. The van der Waals surface area contributed by atoms with Crippen molar-refractivity contribution in [3.63, 3.8) is 0 Å². The number of aromatic nitrogens is 2. The van der Waals surface area contributed by atoms with Crippen molar-refractivity contribution in [2.75, 3.05) is 5.32 Å². The Morgan fingerprint density at radius 3 is 2.58 bits per heavy atom. The number of nitrogens with one attached hydrogen (secondary N) is 1. The average molecular weight is 329 g/mol. The van der Waals surface area contributed by atoms with E-state index in [2.05, 4.69) is 15.5 Å². The summed E-state index contributed by atoms with van der Waals surface area (Å²) in [6, 6.07) is 12.6. The highest BCUT2D eigenvalue weighted by molar-refractivity contribution is 6.00. The van der Waals surface area contributed by atoms with Crippen molar-refractivity contribution in [3.8, 4) is 0 Å². The van der Waals surface area contributed by atoms with Gasteiger partial charge in [-0.3, -0.25) is 4.79 Å². The van der Waals surface area contributed by atoms with Gasteiger partial charge in [0.2, 0.25) is 5.89 Å². The van der Waals surface area contributed by atoms with Crippen LogP contribution in [0.2, 0.25) is 0 Å². The Hall–Kier alpha value is -3.09. The van der Waals surface area contributed by atoms with Crippen LogP contribution in [0, 0.1) is 11.6 Å². The third-order valence-corrected chi connectivity index (χ3v) is 3.31. The molecule has 2 aromatic carbocycles. The summed E-state index contributed by atoms with van der Waals surface area (Å²) in [5.74, 6) is -2.33. The third kappa shape index (κ3) is 3.81. The summed E-state index contributed by atoms with van der Waals surface area (Å²) in [6.45, 7) is 0. The van der Waals surface area contributed by atoms with Crippen LogP contribution in [0.5, 0.6) is 0 Å². The number of hydrogen-bond acceptors (Lipinski definition) is 4. The molecule has 0 unspecified atom stereocenters. The molecule has 0 saturated heterocycles. The van der Waals surface area contributed by atoms with E-state index in [0.717, 1.165) is 17.7 Å². The van der Waals surface area contributed by atoms with Crippen molar-refractivity contribution >= 4 is 11.6 Å². The van der Waals surface area contributed by atoms with Gasteiger partial charge >= 0.3 is 11.8 Å². The maximum Gasteiger partial charge on any atom is 0.313 e. The summed E-state index contributed by atoms with van der Waals surface area (Å²) < 4.78 is 31.6. The predicted molar refractivity (Wildman–Crippen MR) is 82.5 cm³/mol. The largest absolute Gasteiger partial charge is 0.417 e. The summed E-state index contributed by atoms with van der Waals surface area (Å²) in [5.41, 5.74) is 0.945. The van der Waals surface area contributed by atoms with Crippen LogP contribution < -0.4 is 5.32 Å². The zero-order chi connectivity index (χ0) is 16.9. The minimum absolute atomic E-state index is 0.162. The molecule has 0 atom stereocenters. The van der Waals surface area contributed by atoms with Crippen LogP contribution in [0.15, 0.2) is 52.9 Å². The smallest absolute Gasteiger partial charge is 0.313 e. The first-order valence-corrected chi connectivity index (χ1v) is 7.24. The predicted octanol–water partition coefficient (Wildman–Crippen LogP) is 3.39. The molecule has 3 aromatic rings. The number of carbonyl (C=O) groups is 1. The topological polar surface area (TPSA) is 68.0 Å². The molecule has 0 aliphatic carbocycles.